The van der Waals surface area contributed by atoms with E-state index in [2.05, 4.69) is 0 Å². The van der Waals surface area contributed by atoms with Gasteiger partial charge in [0.1, 0.15) is 0 Å². The van der Waals surface area contributed by atoms with Crippen molar-refractivity contribution in [2.45, 2.75) is 6.92 Å². The number of hydrogen-bond donors (Lipinski definition) is 1. The number of aryl methyl sites for hydroxylation is 1. The van der Waals surface area contributed by atoms with E-state index in [1.807, 2.05) is 6.92 Å². The predicted molar refractivity (Wildman–Crippen MR) is 85.8 cm³/mol. The number of fused-ring (bicyclic) bond motifs is 2. The van der Waals surface area contributed by atoms with Crippen LogP contribution < -0.4 is 14.2 Å². The molecule has 2 aromatic rings. The van der Waals surface area contributed by atoms with E-state index in [0.717, 1.165) is 5.56 Å². The SMILES string of the molecule is COc1c(O)c2c(c(OC)c1OC)C(=O)c1ccc(C)cc1C2=O. The molecule has 3 rings (SSSR count). The predicted octanol–water partition coefficient (Wildman–Crippen LogP) is 2.50. The number of carbonyl (C=O) groups excluding carboxylic acids is 2. The van der Waals surface area contributed by atoms with Gasteiger partial charge in [0.05, 0.1) is 32.5 Å². The highest BCUT2D eigenvalue weighted by atomic mass is 16.5. The van der Waals surface area contributed by atoms with Gasteiger partial charge in [0.2, 0.25) is 11.5 Å². The van der Waals surface area contributed by atoms with Crippen LogP contribution in [-0.4, -0.2) is 38.0 Å². The standard InChI is InChI=1S/C18H16O6/c1-8-5-6-9-10(7-8)14(20)11-12(13(9)19)16(22-2)18(24-4)17(23-3)15(11)21/h5-7,21H,1-4H3. The number of ketones is 2. The molecule has 0 bridgehead atoms. The van der Waals surface area contributed by atoms with Gasteiger partial charge in [-0.15, -0.1) is 0 Å². The number of methoxy groups -OCH3 is 3. The van der Waals surface area contributed by atoms with Crippen molar-refractivity contribution in [3.8, 4) is 23.0 Å². The second-order valence-electron chi connectivity index (χ2n) is 5.41. The molecule has 1 aliphatic rings. The fraction of sp³-hybridized carbons (Fsp3) is 0.222. The van der Waals surface area contributed by atoms with Gasteiger partial charge in [0.25, 0.3) is 0 Å². The van der Waals surface area contributed by atoms with Crippen LogP contribution in [0.5, 0.6) is 23.0 Å². The van der Waals surface area contributed by atoms with E-state index in [1.165, 1.54) is 21.3 Å². The average Bonchev–Trinajstić information content (AvgIpc) is 2.58. The van der Waals surface area contributed by atoms with Crippen molar-refractivity contribution in [3.05, 3.63) is 46.0 Å². The third-order valence-electron chi connectivity index (χ3n) is 4.07. The molecule has 0 amide bonds. The molecule has 124 valence electrons. The minimum absolute atomic E-state index is 0.0194. The van der Waals surface area contributed by atoms with Crippen molar-refractivity contribution < 1.29 is 28.9 Å². The molecule has 2 aromatic carbocycles. The van der Waals surface area contributed by atoms with Gasteiger partial charge >= 0.3 is 0 Å². The van der Waals surface area contributed by atoms with Crippen LogP contribution in [0.25, 0.3) is 0 Å². The molecule has 0 heterocycles. The van der Waals surface area contributed by atoms with Crippen LogP contribution in [0.15, 0.2) is 18.2 Å². The summed E-state index contributed by atoms with van der Waals surface area (Å²) in [4.78, 5) is 25.8. The van der Waals surface area contributed by atoms with Gasteiger partial charge in [-0.2, -0.15) is 0 Å². The highest BCUT2D eigenvalue weighted by Gasteiger charge is 2.39. The first-order valence-corrected chi connectivity index (χ1v) is 7.21. The van der Waals surface area contributed by atoms with Gasteiger partial charge in [-0.3, -0.25) is 9.59 Å². The van der Waals surface area contributed by atoms with E-state index in [1.54, 1.807) is 18.2 Å². The summed E-state index contributed by atoms with van der Waals surface area (Å²) in [6, 6.07) is 4.98. The molecule has 0 saturated carbocycles. The van der Waals surface area contributed by atoms with Gasteiger partial charge in [0, 0.05) is 11.1 Å². The highest BCUT2D eigenvalue weighted by Crippen LogP contribution is 2.51. The lowest BCUT2D eigenvalue weighted by Gasteiger charge is -2.24. The van der Waals surface area contributed by atoms with Crippen LogP contribution in [-0.2, 0) is 0 Å². The lowest BCUT2D eigenvalue weighted by molar-refractivity contribution is 0.0972. The normalized spacial score (nSPS) is 12.5. The molecule has 6 nitrogen and oxygen atoms in total. The fourth-order valence-corrected chi connectivity index (χ4v) is 2.99. The van der Waals surface area contributed by atoms with Crippen LogP contribution >= 0.6 is 0 Å². The Morgan fingerprint density at radius 2 is 1.38 bits per heavy atom. The Bertz CT molecular complexity index is 882. The van der Waals surface area contributed by atoms with E-state index >= 15 is 0 Å². The maximum absolute atomic E-state index is 12.9. The van der Waals surface area contributed by atoms with Gasteiger partial charge in [-0.05, 0) is 13.0 Å². The molecule has 0 saturated heterocycles. The third kappa shape index (κ3) is 1.96. The molecule has 0 atom stereocenters. The summed E-state index contributed by atoms with van der Waals surface area (Å²) in [5, 5.41) is 10.5. The number of benzene rings is 2. The molecule has 0 spiro atoms. The summed E-state index contributed by atoms with van der Waals surface area (Å²) in [5.41, 5.74) is 1.20. The van der Waals surface area contributed by atoms with Crippen molar-refractivity contribution in [1.29, 1.82) is 0 Å². The average molecular weight is 328 g/mol. The quantitative estimate of drug-likeness (QED) is 0.795. The lowest BCUT2D eigenvalue weighted by Crippen LogP contribution is -2.22. The summed E-state index contributed by atoms with van der Waals surface area (Å²) in [6.45, 7) is 1.82. The van der Waals surface area contributed by atoms with Crippen molar-refractivity contribution in [2.75, 3.05) is 21.3 Å². The van der Waals surface area contributed by atoms with Crippen molar-refractivity contribution in [2.24, 2.45) is 0 Å². The lowest BCUT2D eigenvalue weighted by atomic mass is 9.82. The minimum Gasteiger partial charge on any atom is -0.504 e. The zero-order chi connectivity index (χ0) is 17.6. The van der Waals surface area contributed by atoms with Crippen LogP contribution in [0.2, 0.25) is 0 Å². The molecule has 6 heteroatoms. The monoisotopic (exact) mass is 328 g/mol. The van der Waals surface area contributed by atoms with E-state index in [0.29, 0.717) is 0 Å². The summed E-state index contributed by atoms with van der Waals surface area (Å²) >= 11 is 0. The molecule has 0 unspecified atom stereocenters. The molecule has 0 aromatic heterocycles. The smallest absolute Gasteiger partial charge is 0.208 e. The number of aromatic hydroxyl groups is 1. The molecular formula is C18H16O6. The van der Waals surface area contributed by atoms with Gasteiger partial charge in [0.15, 0.2) is 23.1 Å². The van der Waals surface area contributed by atoms with Gasteiger partial charge in [-0.25, -0.2) is 0 Å². The number of hydrogen-bond acceptors (Lipinski definition) is 6. The van der Waals surface area contributed by atoms with Crippen LogP contribution in [0.3, 0.4) is 0 Å². The zero-order valence-electron chi connectivity index (χ0n) is 13.7. The number of phenolic OH excluding ortho intramolecular Hbond substituents is 1. The number of phenols is 1. The first-order chi connectivity index (χ1) is 11.5. The Morgan fingerprint density at radius 3 is 1.96 bits per heavy atom. The van der Waals surface area contributed by atoms with Crippen LogP contribution in [0.1, 0.15) is 37.4 Å². The summed E-state index contributed by atoms with van der Waals surface area (Å²) in [6.07, 6.45) is 0. The molecule has 0 fully saturated rings. The first kappa shape index (κ1) is 15.9. The third-order valence-corrected chi connectivity index (χ3v) is 4.07. The number of carbonyl (C=O) groups is 2. The van der Waals surface area contributed by atoms with Crippen LogP contribution in [0, 0.1) is 6.92 Å². The topological polar surface area (TPSA) is 82.1 Å². The van der Waals surface area contributed by atoms with E-state index < -0.39 is 17.3 Å². The summed E-state index contributed by atoms with van der Waals surface area (Å²) in [7, 11) is 4.05. The second-order valence-corrected chi connectivity index (χ2v) is 5.41. The fourth-order valence-electron chi connectivity index (χ4n) is 2.99. The Balaban J connectivity index is 2.44. The van der Waals surface area contributed by atoms with Crippen molar-refractivity contribution in [1.82, 2.24) is 0 Å². The molecule has 1 aliphatic carbocycles. The van der Waals surface area contributed by atoms with E-state index in [9.17, 15) is 14.7 Å². The molecule has 0 aliphatic heterocycles. The number of ether oxygens (including phenoxy) is 3. The van der Waals surface area contributed by atoms with Crippen molar-refractivity contribution in [3.63, 3.8) is 0 Å². The second kappa shape index (κ2) is 5.56. The minimum atomic E-state index is -0.458. The molecule has 24 heavy (non-hydrogen) atoms. The Morgan fingerprint density at radius 1 is 0.792 bits per heavy atom. The maximum atomic E-state index is 12.9. The van der Waals surface area contributed by atoms with Gasteiger partial charge < -0.3 is 19.3 Å². The Labute approximate surface area is 138 Å². The molecular weight excluding hydrogens is 312 g/mol. The Hall–Kier alpha value is -3.02. The van der Waals surface area contributed by atoms with E-state index in [4.69, 9.17) is 14.2 Å². The summed E-state index contributed by atoms with van der Waals surface area (Å²) < 4.78 is 15.7. The number of rotatable bonds is 3. The van der Waals surface area contributed by atoms with Crippen LogP contribution in [0.4, 0.5) is 0 Å². The maximum Gasteiger partial charge on any atom is 0.208 e. The largest absolute Gasteiger partial charge is 0.504 e. The van der Waals surface area contributed by atoms with E-state index in [-0.39, 0.29) is 39.5 Å². The van der Waals surface area contributed by atoms with Gasteiger partial charge in [-0.1, -0.05) is 17.7 Å². The zero-order valence-corrected chi connectivity index (χ0v) is 13.7. The highest BCUT2D eigenvalue weighted by molar-refractivity contribution is 6.31. The Kier molecular flexibility index (Phi) is 3.67. The molecule has 1 N–H and O–H groups in total. The summed E-state index contributed by atoms with van der Waals surface area (Å²) in [5.74, 6) is -1.23. The molecule has 0 radical (unpaired) electrons. The van der Waals surface area contributed by atoms with Crippen molar-refractivity contribution >= 4 is 11.6 Å². The first-order valence-electron chi connectivity index (χ1n) is 7.21.